The first-order valence-corrected chi connectivity index (χ1v) is 8.29. The normalized spacial score (nSPS) is 11.7. The summed E-state index contributed by atoms with van der Waals surface area (Å²) in [5.41, 5.74) is 2.80. The first kappa shape index (κ1) is 17.6. The van der Waals surface area contributed by atoms with Crippen molar-refractivity contribution in [1.29, 1.82) is 0 Å². The zero-order valence-electron chi connectivity index (χ0n) is 15.4. The number of rotatable bonds is 3. The minimum atomic E-state index is -0.125. The summed E-state index contributed by atoms with van der Waals surface area (Å²) < 4.78 is 3.26. The molecule has 0 bridgehead atoms. The van der Waals surface area contributed by atoms with Crippen LogP contribution in [0.2, 0.25) is 0 Å². The predicted molar refractivity (Wildman–Crippen MR) is 105 cm³/mol. The van der Waals surface area contributed by atoms with E-state index >= 15 is 0 Å². The molecule has 0 amide bonds. The topological polar surface area (TPSA) is 64.7 Å². The van der Waals surface area contributed by atoms with Gasteiger partial charge < -0.3 is 9.79 Å². The Hall–Kier alpha value is -3.27. The fourth-order valence-electron chi connectivity index (χ4n) is 2.88. The van der Waals surface area contributed by atoms with E-state index in [-0.39, 0.29) is 11.6 Å². The molecule has 0 aliphatic carbocycles. The van der Waals surface area contributed by atoms with Crippen LogP contribution in [-0.2, 0) is 7.05 Å². The van der Waals surface area contributed by atoms with Gasteiger partial charge in [0.25, 0.3) is 0 Å². The number of hydrogen-bond donors (Lipinski definition) is 1. The van der Waals surface area contributed by atoms with Gasteiger partial charge in [-0.15, -0.1) is 0 Å². The zero-order chi connectivity index (χ0) is 18.8. The Kier molecular flexibility index (Phi) is 4.68. The highest BCUT2D eigenvalue weighted by molar-refractivity contribution is 6.07. The molecule has 0 saturated carbocycles. The Morgan fingerprint density at radius 2 is 2.15 bits per heavy atom. The smallest absolute Gasteiger partial charge is 0.250 e. The van der Waals surface area contributed by atoms with Crippen LogP contribution < -0.4 is 10.9 Å². The van der Waals surface area contributed by atoms with Crippen molar-refractivity contribution < 1.29 is 0 Å². The van der Waals surface area contributed by atoms with Crippen molar-refractivity contribution in [3.63, 3.8) is 0 Å². The Bertz CT molecular complexity index is 1120. The molecular weight excluding hydrogens is 325 g/mol. The summed E-state index contributed by atoms with van der Waals surface area (Å²) in [5, 5.41) is 7.83. The van der Waals surface area contributed by atoms with E-state index in [1.165, 1.54) is 0 Å². The number of aryl methyl sites for hydroxylation is 1. The summed E-state index contributed by atoms with van der Waals surface area (Å²) in [6.45, 7) is 7.68. The Balaban J connectivity index is 2.14. The first-order chi connectivity index (χ1) is 12.4. The van der Waals surface area contributed by atoms with Gasteiger partial charge in [-0.3, -0.25) is 9.48 Å². The molecule has 0 aliphatic heterocycles. The minimum Gasteiger partial charge on any atom is -0.379 e. The molecule has 0 radical (unpaired) electrons. The summed E-state index contributed by atoms with van der Waals surface area (Å²) in [6.07, 6.45) is 3.52. The maximum absolute atomic E-state index is 13.0. The highest BCUT2D eigenvalue weighted by Gasteiger charge is 2.15. The molecule has 7 heteroatoms. The van der Waals surface area contributed by atoms with E-state index in [9.17, 15) is 4.79 Å². The van der Waals surface area contributed by atoms with Crippen LogP contribution in [0.4, 0.5) is 0 Å². The van der Waals surface area contributed by atoms with Crippen LogP contribution in [0.25, 0.3) is 10.9 Å². The number of nitrogens with one attached hydrogen (secondary N) is 1. The van der Waals surface area contributed by atoms with Gasteiger partial charge in [0.2, 0.25) is 13.5 Å². The fourth-order valence-corrected chi connectivity index (χ4v) is 2.88. The molecule has 3 aromatic rings. The van der Waals surface area contributed by atoms with E-state index in [1.807, 2.05) is 45.3 Å². The number of aromatic nitrogens is 4. The average molecular weight is 345 g/mol. The number of fused-ring (bicyclic) bond motifs is 1. The van der Waals surface area contributed by atoms with Crippen molar-refractivity contribution in [2.45, 2.75) is 19.9 Å². The van der Waals surface area contributed by atoms with Crippen LogP contribution in [0, 0.1) is 11.8 Å². The lowest BCUT2D eigenvalue weighted by atomic mass is 10.1. The van der Waals surface area contributed by atoms with Crippen molar-refractivity contribution in [3.8, 4) is 11.8 Å². The van der Waals surface area contributed by atoms with Gasteiger partial charge in [-0.2, -0.15) is 5.10 Å². The lowest BCUT2D eigenvalue weighted by molar-refractivity contribution is 0.605. The average Bonchev–Trinajstić information content (AvgIpc) is 3.00. The molecule has 3 rings (SSSR count). The molecule has 6 nitrogen and oxygen atoms in total. The van der Waals surface area contributed by atoms with Gasteiger partial charge in [0.05, 0.1) is 28.7 Å². The van der Waals surface area contributed by atoms with Crippen molar-refractivity contribution in [2.75, 3.05) is 0 Å². The highest BCUT2D eigenvalue weighted by atomic mass is 16.1. The molecule has 2 aromatic heterocycles. The maximum Gasteiger partial charge on any atom is 0.250 e. The molecular formula is C19H20BN5O. The lowest BCUT2D eigenvalue weighted by Gasteiger charge is -2.18. The van der Waals surface area contributed by atoms with E-state index in [4.69, 9.17) is 0 Å². The SMILES string of the molecule is Bn1c([C@H](C)NC(=C)C)nc2cccc(C#Cc3cnn(C)c3)c2c1=O. The molecule has 1 aromatic carbocycles. The Morgan fingerprint density at radius 3 is 2.81 bits per heavy atom. The van der Waals surface area contributed by atoms with Crippen LogP contribution >= 0.6 is 0 Å². The summed E-state index contributed by atoms with van der Waals surface area (Å²) in [7, 11) is 3.57. The van der Waals surface area contributed by atoms with Crippen molar-refractivity contribution in [3.05, 3.63) is 70.2 Å². The lowest BCUT2D eigenvalue weighted by Crippen LogP contribution is -2.30. The molecule has 0 unspecified atom stereocenters. The molecule has 0 fully saturated rings. The molecule has 0 aliphatic rings. The van der Waals surface area contributed by atoms with Gasteiger partial charge in [0, 0.05) is 24.5 Å². The molecule has 130 valence electrons. The Labute approximate surface area is 153 Å². The third-order valence-corrected chi connectivity index (χ3v) is 4.04. The second kappa shape index (κ2) is 6.92. The van der Waals surface area contributed by atoms with Gasteiger partial charge in [-0.05, 0) is 26.0 Å². The van der Waals surface area contributed by atoms with Crippen LogP contribution in [0.5, 0.6) is 0 Å². The molecule has 2 heterocycles. The van der Waals surface area contributed by atoms with Crippen LogP contribution in [0.15, 0.2) is 47.7 Å². The van der Waals surface area contributed by atoms with Crippen LogP contribution in [0.3, 0.4) is 0 Å². The molecule has 0 spiro atoms. The fraction of sp³-hybridized carbons (Fsp3) is 0.211. The molecule has 1 N–H and O–H groups in total. The minimum absolute atomic E-state index is 0.114. The van der Waals surface area contributed by atoms with Crippen LogP contribution in [-0.4, -0.2) is 27.2 Å². The van der Waals surface area contributed by atoms with Gasteiger partial charge in [-0.1, -0.05) is 24.5 Å². The monoisotopic (exact) mass is 345 g/mol. The van der Waals surface area contributed by atoms with Gasteiger partial charge >= 0.3 is 0 Å². The standard InChI is InChI=1S/C19H20BN5O/c1-12(2)22-13(3)18-23-16-7-5-6-15(17(16)19(26)25(18)20)9-8-14-10-21-24(4)11-14/h5-7,10-11,13,22H,1,20H2,2-4H3/t13-/m0/s1. The Morgan fingerprint density at radius 1 is 1.38 bits per heavy atom. The number of benzene rings is 1. The van der Waals surface area contributed by atoms with E-state index in [0.29, 0.717) is 22.3 Å². The zero-order valence-corrected chi connectivity index (χ0v) is 15.4. The van der Waals surface area contributed by atoms with E-state index < -0.39 is 0 Å². The van der Waals surface area contributed by atoms with Crippen molar-refractivity contribution >= 4 is 18.9 Å². The van der Waals surface area contributed by atoms with Gasteiger partial charge in [0.1, 0.15) is 5.82 Å². The molecule has 0 saturated heterocycles. The largest absolute Gasteiger partial charge is 0.379 e. The third-order valence-electron chi connectivity index (χ3n) is 4.04. The number of hydrogen-bond acceptors (Lipinski definition) is 4. The van der Waals surface area contributed by atoms with E-state index in [2.05, 4.69) is 33.8 Å². The second-order valence-corrected chi connectivity index (χ2v) is 6.33. The first-order valence-electron chi connectivity index (χ1n) is 8.29. The van der Waals surface area contributed by atoms with Gasteiger partial charge in [0.15, 0.2) is 0 Å². The second-order valence-electron chi connectivity index (χ2n) is 6.33. The van der Waals surface area contributed by atoms with Crippen molar-refractivity contribution in [1.82, 2.24) is 24.6 Å². The molecule has 26 heavy (non-hydrogen) atoms. The highest BCUT2D eigenvalue weighted by Crippen LogP contribution is 2.16. The summed E-state index contributed by atoms with van der Waals surface area (Å²) >= 11 is 0. The predicted octanol–water partition coefficient (Wildman–Crippen LogP) is 1.11. The van der Waals surface area contributed by atoms with Gasteiger partial charge in [-0.25, -0.2) is 4.98 Å². The molecule has 1 atom stereocenters. The summed E-state index contributed by atoms with van der Waals surface area (Å²) in [6, 6.07) is 5.41. The van der Waals surface area contributed by atoms with E-state index in [1.54, 1.807) is 23.3 Å². The maximum atomic E-state index is 13.0. The van der Waals surface area contributed by atoms with Crippen LogP contribution in [0.1, 0.15) is 36.8 Å². The van der Waals surface area contributed by atoms with Crippen molar-refractivity contribution in [2.24, 2.45) is 7.05 Å². The number of allylic oxidation sites excluding steroid dienone is 1. The third kappa shape index (κ3) is 3.40. The number of nitrogens with zero attached hydrogens (tertiary/aromatic N) is 4. The quantitative estimate of drug-likeness (QED) is 0.571. The summed E-state index contributed by atoms with van der Waals surface area (Å²) in [4.78, 5) is 17.6. The van der Waals surface area contributed by atoms with E-state index in [0.717, 1.165) is 11.3 Å². The summed E-state index contributed by atoms with van der Waals surface area (Å²) in [5.74, 6) is 6.79.